The zero-order valence-electron chi connectivity index (χ0n) is 15.3. The molecule has 5 nitrogen and oxygen atoms in total. The first-order valence-corrected chi connectivity index (χ1v) is 9.17. The molecule has 2 aliphatic heterocycles. The molecule has 0 unspecified atom stereocenters. The number of alkyl halides is 3. The number of urea groups is 1. The van der Waals surface area contributed by atoms with Crippen LogP contribution in [0.1, 0.15) is 35.4 Å². The normalized spacial score (nSPS) is 20.9. The van der Waals surface area contributed by atoms with Crippen LogP contribution in [-0.4, -0.2) is 33.4 Å². The Bertz CT molecular complexity index is 927. The number of anilines is 1. The number of hydrogen-bond donors (Lipinski definition) is 1. The van der Waals surface area contributed by atoms with Gasteiger partial charge in [0.05, 0.1) is 18.8 Å². The minimum absolute atomic E-state index is 0.0246. The number of fused-ring (bicyclic) bond motifs is 3. The highest BCUT2D eigenvalue weighted by Crippen LogP contribution is 2.41. The molecule has 0 saturated carbocycles. The molecule has 2 aliphatic rings. The van der Waals surface area contributed by atoms with Gasteiger partial charge in [0.15, 0.2) is 0 Å². The minimum Gasteiger partial charge on any atom is -0.320 e. The molecule has 1 aromatic heterocycles. The Labute approximate surface area is 159 Å². The van der Waals surface area contributed by atoms with Gasteiger partial charge in [-0.15, -0.1) is 0 Å². The maximum absolute atomic E-state index is 14.6. The minimum atomic E-state index is -3.19. The lowest BCUT2D eigenvalue weighted by molar-refractivity contribution is -0.0224. The van der Waals surface area contributed by atoms with E-state index in [0.717, 1.165) is 4.68 Å². The average Bonchev–Trinajstić information content (AvgIpc) is 2.95. The monoisotopic (exact) mass is 396 g/mol. The van der Waals surface area contributed by atoms with Crippen LogP contribution in [0.5, 0.6) is 0 Å². The lowest BCUT2D eigenvalue weighted by Crippen LogP contribution is -2.39. The van der Waals surface area contributed by atoms with Gasteiger partial charge < -0.3 is 10.2 Å². The molecule has 0 aliphatic carbocycles. The number of aryl methyl sites for hydroxylation is 1. The van der Waals surface area contributed by atoms with E-state index in [4.69, 9.17) is 0 Å². The maximum Gasteiger partial charge on any atom is 0.322 e. The molecule has 0 saturated heterocycles. The third-order valence-corrected chi connectivity index (χ3v) is 5.29. The first-order chi connectivity index (χ1) is 13.2. The summed E-state index contributed by atoms with van der Waals surface area (Å²) in [5, 5.41) is 6.86. The molecule has 3 heterocycles. The van der Waals surface area contributed by atoms with E-state index in [1.165, 1.54) is 23.1 Å². The highest BCUT2D eigenvalue weighted by atomic mass is 19.3. The van der Waals surface area contributed by atoms with Crippen molar-refractivity contribution in [3.63, 3.8) is 0 Å². The van der Waals surface area contributed by atoms with Crippen LogP contribution in [-0.2, 0) is 25.4 Å². The van der Waals surface area contributed by atoms with Gasteiger partial charge in [-0.05, 0) is 37.1 Å². The number of carbonyl (C=O) groups excluding carboxylic acids is 1. The van der Waals surface area contributed by atoms with E-state index in [-0.39, 0.29) is 31.0 Å². The predicted molar refractivity (Wildman–Crippen MR) is 94.5 cm³/mol. The Hall–Kier alpha value is -2.58. The van der Waals surface area contributed by atoms with Gasteiger partial charge in [0.1, 0.15) is 17.7 Å². The second-order valence-corrected chi connectivity index (χ2v) is 7.36. The smallest absolute Gasteiger partial charge is 0.320 e. The molecular weight excluding hydrogens is 376 g/mol. The molecule has 0 bridgehead atoms. The molecule has 28 heavy (non-hydrogen) atoms. The lowest BCUT2D eigenvalue weighted by atomic mass is 10.00. The van der Waals surface area contributed by atoms with Crippen LogP contribution in [0.15, 0.2) is 18.2 Å². The highest BCUT2D eigenvalue weighted by molar-refractivity contribution is 5.89. The van der Waals surface area contributed by atoms with Gasteiger partial charge in [0.2, 0.25) is 0 Å². The Morgan fingerprint density at radius 3 is 2.89 bits per heavy atom. The third kappa shape index (κ3) is 3.33. The van der Waals surface area contributed by atoms with Gasteiger partial charge in [-0.1, -0.05) is 0 Å². The Kier molecular flexibility index (Phi) is 4.55. The first-order valence-electron chi connectivity index (χ1n) is 9.17. The van der Waals surface area contributed by atoms with Crippen molar-refractivity contribution in [3.05, 3.63) is 46.5 Å². The fourth-order valence-electron chi connectivity index (χ4n) is 3.80. The third-order valence-electron chi connectivity index (χ3n) is 5.29. The van der Waals surface area contributed by atoms with Gasteiger partial charge in [0.25, 0.3) is 5.92 Å². The summed E-state index contributed by atoms with van der Waals surface area (Å²) in [6.07, 6.45) is -1.85. The zero-order valence-corrected chi connectivity index (χ0v) is 15.3. The lowest BCUT2D eigenvalue weighted by Gasteiger charge is -2.28. The first kappa shape index (κ1) is 18.8. The van der Waals surface area contributed by atoms with Crippen LogP contribution in [0.2, 0.25) is 0 Å². The van der Waals surface area contributed by atoms with Crippen LogP contribution in [0.3, 0.4) is 0 Å². The van der Waals surface area contributed by atoms with Gasteiger partial charge in [-0.25, -0.2) is 13.6 Å². The standard InChI is InChI=1S/C19H20F4N4O/c1-11-8-13(2-3-15(11)21)24-18(28)26-7-5-16-14(10-26)17-19(22,23)6-4-12(20)9-27(17)25-16/h2-3,8,12H,4-7,9-10H2,1H3,(H,24,28)/t12-/m1/s1. The molecular formula is C19H20F4N4O. The van der Waals surface area contributed by atoms with Gasteiger partial charge in [-0.2, -0.15) is 13.9 Å². The number of carbonyl (C=O) groups is 1. The molecule has 0 spiro atoms. The van der Waals surface area contributed by atoms with E-state index in [0.29, 0.717) is 35.5 Å². The van der Waals surface area contributed by atoms with Crippen LogP contribution >= 0.6 is 0 Å². The number of nitrogens with zero attached hydrogens (tertiary/aromatic N) is 3. The number of amides is 2. The van der Waals surface area contributed by atoms with Crippen molar-refractivity contribution in [2.45, 2.75) is 51.4 Å². The van der Waals surface area contributed by atoms with E-state index in [2.05, 4.69) is 10.4 Å². The van der Waals surface area contributed by atoms with Crippen molar-refractivity contribution in [2.75, 3.05) is 11.9 Å². The second kappa shape index (κ2) is 6.79. The molecule has 0 radical (unpaired) electrons. The summed E-state index contributed by atoms with van der Waals surface area (Å²) in [5.74, 6) is -3.56. The van der Waals surface area contributed by atoms with Crippen molar-refractivity contribution < 1.29 is 22.4 Å². The van der Waals surface area contributed by atoms with E-state index in [1.54, 1.807) is 6.92 Å². The van der Waals surface area contributed by atoms with Crippen LogP contribution < -0.4 is 5.32 Å². The van der Waals surface area contributed by atoms with E-state index in [9.17, 15) is 22.4 Å². The largest absolute Gasteiger partial charge is 0.322 e. The van der Waals surface area contributed by atoms with Crippen molar-refractivity contribution in [3.8, 4) is 0 Å². The Morgan fingerprint density at radius 2 is 2.14 bits per heavy atom. The molecule has 1 aromatic carbocycles. The van der Waals surface area contributed by atoms with Crippen molar-refractivity contribution >= 4 is 11.7 Å². The van der Waals surface area contributed by atoms with Crippen LogP contribution in [0.25, 0.3) is 0 Å². The fourth-order valence-corrected chi connectivity index (χ4v) is 3.80. The summed E-state index contributed by atoms with van der Waals surface area (Å²) < 4.78 is 57.6. The van der Waals surface area contributed by atoms with Crippen LogP contribution in [0.4, 0.5) is 28.0 Å². The van der Waals surface area contributed by atoms with E-state index in [1.807, 2.05) is 0 Å². The number of nitrogens with one attached hydrogen (secondary N) is 1. The zero-order chi connectivity index (χ0) is 20.1. The molecule has 4 rings (SSSR count). The summed E-state index contributed by atoms with van der Waals surface area (Å²) >= 11 is 0. The average molecular weight is 396 g/mol. The number of rotatable bonds is 1. The Morgan fingerprint density at radius 1 is 1.36 bits per heavy atom. The molecule has 0 fully saturated rings. The van der Waals surface area contributed by atoms with Gasteiger partial charge in [0, 0.05) is 30.6 Å². The maximum atomic E-state index is 14.6. The second-order valence-electron chi connectivity index (χ2n) is 7.36. The number of halogens is 4. The number of hydrogen-bond acceptors (Lipinski definition) is 2. The summed E-state index contributed by atoms with van der Waals surface area (Å²) in [5.41, 5.74) is 1.33. The summed E-state index contributed by atoms with van der Waals surface area (Å²) in [6.45, 7) is 1.67. The topological polar surface area (TPSA) is 50.2 Å². The predicted octanol–water partition coefficient (Wildman–Crippen LogP) is 4.14. The molecule has 2 amide bonds. The molecule has 9 heteroatoms. The molecule has 1 N–H and O–H groups in total. The van der Waals surface area contributed by atoms with E-state index >= 15 is 0 Å². The highest BCUT2D eigenvalue weighted by Gasteiger charge is 2.43. The molecule has 2 aromatic rings. The fraction of sp³-hybridized carbons (Fsp3) is 0.474. The van der Waals surface area contributed by atoms with Gasteiger partial charge >= 0.3 is 6.03 Å². The quantitative estimate of drug-likeness (QED) is 0.737. The van der Waals surface area contributed by atoms with Gasteiger partial charge in [-0.3, -0.25) is 4.68 Å². The van der Waals surface area contributed by atoms with E-state index < -0.39 is 24.5 Å². The molecule has 150 valence electrons. The Balaban J connectivity index is 1.57. The summed E-state index contributed by atoms with van der Waals surface area (Å²) in [6, 6.07) is 3.74. The summed E-state index contributed by atoms with van der Waals surface area (Å²) in [7, 11) is 0. The van der Waals surface area contributed by atoms with Crippen molar-refractivity contribution in [1.82, 2.24) is 14.7 Å². The molecule has 1 atom stereocenters. The van der Waals surface area contributed by atoms with Crippen molar-refractivity contribution in [1.29, 1.82) is 0 Å². The SMILES string of the molecule is Cc1cc(NC(=O)N2CCc3nn4c(c3C2)C(F)(F)CC[C@@H](F)C4)ccc1F. The van der Waals surface area contributed by atoms with Crippen molar-refractivity contribution in [2.24, 2.45) is 0 Å². The number of aromatic nitrogens is 2. The summed E-state index contributed by atoms with van der Waals surface area (Å²) in [4.78, 5) is 14.0. The number of benzene rings is 1. The van der Waals surface area contributed by atoms with Crippen LogP contribution in [0, 0.1) is 12.7 Å².